The van der Waals surface area contributed by atoms with Crippen molar-refractivity contribution in [3.63, 3.8) is 0 Å². The number of aromatic hydroxyl groups is 1. The standard InChI is InChI=1S/C27H44N2O4/c1-2-3-4-5-8-11-14-17-26(31)28-29-27(32)18-15-12-9-6-7-10-13-16-23-33-25-21-19-24(30)20-22-25/h8,11,19-22,30H,2-7,9-10,12-18,23H2,1H3,(H,28,31)(H,29,32)/b11-8+. The third kappa shape index (κ3) is 17.7. The van der Waals surface area contributed by atoms with Crippen LogP contribution in [-0.2, 0) is 9.59 Å². The number of rotatable bonds is 19. The van der Waals surface area contributed by atoms with E-state index in [0.29, 0.717) is 25.9 Å². The lowest BCUT2D eigenvalue weighted by Gasteiger charge is -2.07. The molecule has 0 radical (unpaired) electrons. The van der Waals surface area contributed by atoms with Gasteiger partial charge < -0.3 is 9.84 Å². The number of hydrogen-bond donors (Lipinski definition) is 3. The maximum absolute atomic E-state index is 11.8. The van der Waals surface area contributed by atoms with Crippen molar-refractivity contribution in [3.8, 4) is 11.5 Å². The topological polar surface area (TPSA) is 87.7 Å². The molecule has 2 amide bonds. The van der Waals surface area contributed by atoms with E-state index in [1.54, 1.807) is 24.3 Å². The van der Waals surface area contributed by atoms with Crippen LogP contribution < -0.4 is 15.6 Å². The van der Waals surface area contributed by atoms with Crippen LogP contribution >= 0.6 is 0 Å². The number of benzene rings is 1. The quantitative estimate of drug-likeness (QED) is 0.128. The molecular weight excluding hydrogens is 416 g/mol. The summed E-state index contributed by atoms with van der Waals surface area (Å²) in [5.41, 5.74) is 5.01. The number of ether oxygens (including phenoxy) is 1. The second-order valence-corrected chi connectivity index (χ2v) is 8.52. The van der Waals surface area contributed by atoms with E-state index in [9.17, 15) is 14.7 Å². The number of unbranched alkanes of at least 4 members (excludes halogenated alkanes) is 10. The molecular formula is C27H44N2O4. The van der Waals surface area contributed by atoms with Crippen LogP contribution in [0.25, 0.3) is 0 Å². The fourth-order valence-corrected chi connectivity index (χ4v) is 3.41. The normalized spacial score (nSPS) is 10.9. The minimum Gasteiger partial charge on any atom is -0.508 e. The predicted octanol–water partition coefficient (Wildman–Crippen LogP) is 6.35. The number of phenolic OH excluding ortho intramolecular Hbond substituents is 1. The maximum atomic E-state index is 11.8. The highest BCUT2D eigenvalue weighted by atomic mass is 16.5. The fourth-order valence-electron chi connectivity index (χ4n) is 3.41. The zero-order valence-electron chi connectivity index (χ0n) is 20.4. The first kappa shape index (κ1) is 28.5. The molecule has 0 spiro atoms. The Morgan fingerprint density at radius 2 is 1.33 bits per heavy atom. The Morgan fingerprint density at radius 1 is 0.758 bits per heavy atom. The number of allylic oxidation sites excluding steroid dienone is 2. The lowest BCUT2D eigenvalue weighted by Crippen LogP contribution is -2.41. The van der Waals surface area contributed by atoms with Crippen LogP contribution in [-0.4, -0.2) is 23.5 Å². The first-order valence-corrected chi connectivity index (χ1v) is 12.8. The van der Waals surface area contributed by atoms with E-state index < -0.39 is 0 Å². The number of amides is 2. The van der Waals surface area contributed by atoms with Crippen LogP contribution in [0, 0.1) is 0 Å². The Morgan fingerprint density at radius 3 is 2.00 bits per heavy atom. The molecule has 0 atom stereocenters. The maximum Gasteiger partial charge on any atom is 0.238 e. The fraction of sp³-hybridized carbons (Fsp3) is 0.630. The van der Waals surface area contributed by atoms with Crippen molar-refractivity contribution in [2.75, 3.05) is 6.61 Å². The molecule has 1 aromatic carbocycles. The van der Waals surface area contributed by atoms with Crippen LogP contribution in [0.3, 0.4) is 0 Å². The van der Waals surface area contributed by atoms with Gasteiger partial charge in [-0.3, -0.25) is 20.4 Å². The summed E-state index contributed by atoms with van der Waals surface area (Å²) >= 11 is 0. The van der Waals surface area contributed by atoms with Gasteiger partial charge in [-0.1, -0.05) is 70.4 Å². The molecule has 1 rings (SSSR count). The van der Waals surface area contributed by atoms with Crippen molar-refractivity contribution in [2.24, 2.45) is 0 Å². The molecule has 186 valence electrons. The van der Waals surface area contributed by atoms with Crippen LogP contribution in [0.15, 0.2) is 36.4 Å². The van der Waals surface area contributed by atoms with E-state index >= 15 is 0 Å². The average molecular weight is 461 g/mol. The average Bonchev–Trinajstić information content (AvgIpc) is 2.81. The lowest BCUT2D eigenvalue weighted by atomic mass is 10.1. The monoisotopic (exact) mass is 460 g/mol. The van der Waals surface area contributed by atoms with Crippen LogP contribution in [0.4, 0.5) is 0 Å². The Labute approximate surface area is 200 Å². The van der Waals surface area contributed by atoms with Gasteiger partial charge in [0.1, 0.15) is 11.5 Å². The Hall–Kier alpha value is -2.50. The predicted molar refractivity (Wildman–Crippen MR) is 134 cm³/mol. The molecule has 33 heavy (non-hydrogen) atoms. The van der Waals surface area contributed by atoms with Gasteiger partial charge in [0.05, 0.1) is 6.61 Å². The zero-order chi connectivity index (χ0) is 24.0. The highest BCUT2D eigenvalue weighted by Gasteiger charge is 2.04. The third-order valence-corrected chi connectivity index (χ3v) is 5.42. The van der Waals surface area contributed by atoms with Crippen molar-refractivity contribution in [1.29, 1.82) is 0 Å². The molecule has 0 fully saturated rings. The van der Waals surface area contributed by atoms with Gasteiger partial charge in [0.15, 0.2) is 0 Å². The van der Waals surface area contributed by atoms with E-state index in [2.05, 4.69) is 23.9 Å². The zero-order valence-corrected chi connectivity index (χ0v) is 20.4. The molecule has 0 saturated carbocycles. The summed E-state index contributed by atoms with van der Waals surface area (Å²) in [6.45, 7) is 2.89. The largest absolute Gasteiger partial charge is 0.508 e. The Bertz CT molecular complexity index is 659. The summed E-state index contributed by atoms with van der Waals surface area (Å²) in [6.07, 6.45) is 19.3. The Balaban J connectivity index is 1.84. The summed E-state index contributed by atoms with van der Waals surface area (Å²) in [5, 5.41) is 9.24. The van der Waals surface area contributed by atoms with Crippen molar-refractivity contribution in [1.82, 2.24) is 10.9 Å². The minimum atomic E-state index is -0.143. The summed E-state index contributed by atoms with van der Waals surface area (Å²) < 4.78 is 5.64. The molecule has 0 bridgehead atoms. The van der Waals surface area contributed by atoms with Crippen LogP contribution in [0.2, 0.25) is 0 Å². The number of carbonyl (C=O) groups is 2. The first-order valence-electron chi connectivity index (χ1n) is 12.8. The lowest BCUT2D eigenvalue weighted by molar-refractivity contribution is -0.128. The highest BCUT2D eigenvalue weighted by Crippen LogP contribution is 2.16. The number of hydrogen-bond acceptors (Lipinski definition) is 4. The summed E-state index contributed by atoms with van der Waals surface area (Å²) in [7, 11) is 0. The minimum absolute atomic E-state index is 0.118. The van der Waals surface area contributed by atoms with Gasteiger partial charge in [0.2, 0.25) is 11.8 Å². The van der Waals surface area contributed by atoms with Crippen molar-refractivity contribution < 1.29 is 19.4 Å². The smallest absolute Gasteiger partial charge is 0.238 e. The molecule has 6 nitrogen and oxygen atoms in total. The van der Waals surface area contributed by atoms with Gasteiger partial charge in [-0.15, -0.1) is 0 Å². The number of carbonyl (C=O) groups excluding carboxylic acids is 2. The van der Waals surface area contributed by atoms with Gasteiger partial charge in [0.25, 0.3) is 0 Å². The summed E-state index contributed by atoms with van der Waals surface area (Å²) in [4.78, 5) is 23.5. The molecule has 0 aromatic heterocycles. The molecule has 0 unspecified atom stereocenters. The number of hydrazine groups is 1. The second-order valence-electron chi connectivity index (χ2n) is 8.52. The van der Waals surface area contributed by atoms with Crippen LogP contribution in [0.5, 0.6) is 11.5 Å². The molecule has 0 aliphatic rings. The summed E-state index contributed by atoms with van der Waals surface area (Å²) in [6, 6.07) is 6.81. The van der Waals surface area contributed by atoms with E-state index in [1.165, 1.54) is 38.5 Å². The molecule has 1 aromatic rings. The molecule has 0 aliphatic carbocycles. The SMILES string of the molecule is CCCCC/C=C/CCC(=O)NNC(=O)CCCCCCCCCCOc1ccc(O)cc1. The third-order valence-electron chi connectivity index (χ3n) is 5.42. The van der Waals surface area contributed by atoms with E-state index in [4.69, 9.17) is 4.74 Å². The van der Waals surface area contributed by atoms with Crippen molar-refractivity contribution in [2.45, 2.75) is 103 Å². The Kier molecular flexibility index (Phi) is 17.4. The van der Waals surface area contributed by atoms with Gasteiger partial charge in [-0.05, 0) is 56.4 Å². The molecule has 3 N–H and O–H groups in total. The van der Waals surface area contributed by atoms with E-state index in [-0.39, 0.29) is 17.6 Å². The number of nitrogens with one attached hydrogen (secondary N) is 2. The highest BCUT2D eigenvalue weighted by molar-refractivity contribution is 5.81. The first-order chi connectivity index (χ1) is 16.1. The van der Waals surface area contributed by atoms with Gasteiger partial charge >= 0.3 is 0 Å². The van der Waals surface area contributed by atoms with Crippen LogP contribution in [0.1, 0.15) is 103 Å². The van der Waals surface area contributed by atoms with E-state index in [1.807, 2.05) is 6.08 Å². The van der Waals surface area contributed by atoms with Gasteiger partial charge in [-0.2, -0.15) is 0 Å². The van der Waals surface area contributed by atoms with Crippen molar-refractivity contribution >= 4 is 11.8 Å². The van der Waals surface area contributed by atoms with E-state index in [0.717, 1.165) is 44.3 Å². The molecule has 0 heterocycles. The molecule has 0 saturated heterocycles. The molecule has 6 heteroatoms. The molecule has 0 aliphatic heterocycles. The summed E-state index contributed by atoms with van der Waals surface area (Å²) in [5.74, 6) is 0.783. The number of phenols is 1. The van der Waals surface area contributed by atoms with Gasteiger partial charge in [0, 0.05) is 12.8 Å². The van der Waals surface area contributed by atoms with Gasteiger partial charge in [-0.25, -0.2) is 0 Å². The second kappa shape index (κ2) is 20.1. The van der Waals surface area contributed by atoms with Crippen molar-refractivity contribution in [3.05, 3.63) is 36.4 Å².